The fraction of sp³-hybridized carbons (Fsp3) is 0. The summed E-state index contributed by atoms with van der Waals surface area (Å²) in [5.41, 5.74) is 1.48. The fourth-order valence-electron chi connectivity index (χ4n) is 4.43. The van der Waals surface area contributed by atoms with E-state index in [-0.39, 0.29) is 5.91 Å². The number of rotatable bonds is 8. The van der Waals surface area contributed by atoms with E-state index < -0.39 is 7.26 Å². The Hall–Kier alpha value is -3.62. The van der Waals surface area contributed by atoms with Gasteiger partial charge in [0.15, 0.2) is 12.7 Å². The van der Waals surface area contributed by atoms with Crippen molar-refractivity contribution >= 4 is 52.4 Å². The molecule has 0 bridgehead atoms. The molecule has 0 heterocycles. The maximum Gasteiger partial charge on any atom is 0.258 e. The van der Waals surface area contributed by atoms with Crippen molar-refractivity contribution in [3.63, 3.8) is 0 Å². The molecule has 5 aromatic carbocycles. The van der Waals surface area contributed by atoms with Gasteiger partial charge in [0.05, 0.1) is 0 Å². The van der Waals surface area contributed by atoms with Gasteiger partial charge >= 0.3 is 0 Å². The molecule has 0 radical (unpaired) electrons. The number of benzene rings is 5. The van der Waals surface area contributed by atoms with Crippen LogP contribution in [0.5, 0.6) is 0 Å². The van der Waals surface area contributed by atoms with Crippen LogP contribution in [-0.2, 0) is 0 Å². The standard InChI is InChI=1S/C33H25ClNOPS/c34-27-21-23-31(24-22-27)38-25-32(35-33(36)26-13-5-1-6-14-26)37(28-15-7-2-8-16-28,29-17-9-3-10-18-29)30-19-11-4-12-20-30/h1-25H/p+1/b32-25-. The number of thioether (sulfide) groups is 1. The lowest BCUT2D eigenvalue weighted by molar-refractivity contribution is 0.0968. The Bertz CT molecular complexity index is 1410. The van der Waals surface area contributed by atoms with Gasteiger partial charge in [-0.15, -0.1) is 0 Å². The second-order valence-corrected chi connectivity index (χ2v) is 13.3. The average molecular weight is 551 g/mol. The predicted molar refractivity (Wildman–Crippen MR) is 164 cm³/mol. The Morgan fingerprint density at radius 1 is 0.605 bits per heavy atom. The summed E-state index contributed by atoms with van der Waals surface area (Å²) in [7, 11) is -2.50. The molecule has 0 aromatic heterocycles. The first-order chi connectivity index (χ1) is 18.7. The van der Waals surface area contributed by atoms with Crippen LogP contribution in [0, 0.1) is 0 Å². The van der Waals surface area contributed by atoms with E-state index in [0.717, 1.165) is 26.2 Å². The first-order valence-corrected chi connectivity index (χ1v) is 15.3. The third-order valence-electron chi connectivity index (χ3n) is 6.19. The lowest BCUT2D eigenvalue weighted by Gasteiger charge is -2.29. The topological polar surface area (TPSA) is 29.1 Å². The molecule has 38 heavy (non-hydrogen) atoms. The first-order valence-electron chi connectivity index (χ1n) is 12.2. The van der Waals surface area contributed by atoms with E-state index in [1.54, 1.807) is 11.8 Å². The second-order valence-electron chi connectivity index (χ2n) is 8.57. The van der Waals surface area contributed by atoms with E-state index in [1.165, 1.54) is 0 Å². The quantitative estimate of drug-likeness (QED) is 0.159. The van der Waals surface area contributed by atoms with Crippen molar-refractivity contribution in [3.05, 3.63) is 167 Å². The third kappa shape index (κ3) is 5.61. The number of amides is 1. The summed E-state index contributed by atoms with van der Waals surface area (Å²) in [4.78, 5) is 14.7. The van der Waals surface area contributed by atoms with Crippen LogP contribution in [0.15, 0.2) is 161 Å². The molecule has 0 atom stereocenters. The monoisotopic (exact) mass is 550 g/mol. The largest absolute Gasteiger partial charge is 0.291 e. The van der Waals surface area contributed by atoms with Gasteiger partial charge in [0.2, 0.25) is 0 Å². The molecule has 0 saturated heterocycles. The Labute approximate surface area is 233 Å². The van der Waals surface area contributed by atoms with Crippen LogP contribution in [-0.4, -0.2) is 5.91 Å². The summed E-state index contributed by atoms with van der Waals surface area (Å²) in [5.74, 6) is -0.138. The van der Waals surface area contributed by atoms with E-state index in [1.807, 2.05) is 72.8 Å². The maximum atomic E-state index is 13.7. The molecule has 0 unspecified atom stereocenters. The highest BCUT2D eigenvalue weighted by atomic mass is 35.5. The molecular formula is C33H26ClNOPS+. The number of carbonyl (C=O) groups excluding carboxylic acids is 1. The van der Waals surface area contributed by atoms with Crippen LogP contribution in [0.3, 0.4) is 0 Å². The molecule has 1 N–H and O–H groups in total. The number of halogens is 1. The molecule has 0 aliphatic heterocycles. The lowest BCUT2D eigenvalue weighted by Crippen LogP contribution is -2.38. The molecule has 0 aliphatic carbocycles. The van der Waals surface area contributed by atoms with Gasteiger partial charge in [0.25, 0.3) is 5.91 Å². The van der Waals surface area contributed by atoms with E-state index in [4.69, 9.17) is 11.6 Å². The minimum Gasteiger partial charge on any atom is -0.291 e. The van der Waals surface area contributed by atoms with Crippen molar-refractivity contribution in [3.8, 4) is 0 Å². The minimum absolute atomic E-state index is 0.138. The molecule has 186 valence electrons. The van der Waals surface area contributed by atoms with Gasteiger partial charge in [-0.05, 0) is 72.8 Å². The van der Waals surface area contributed by atoms with Gasteiger partial charge in [0.1, 0.15) is 15.9 Å². The van der Waals surface area contributed by atoms with Gasteiger partial charge in [-0.2, -0.15) is 0 Å². The van der Waals surface area contributed by atoms with Crippen LogP contribution < -0.4 is 21.2 Å². The number of carbonyl (C=O) groups is 1. The number of hydrogen-bond donors (Lipinski definition) is 1. The van der Waals surface area contributed by atoms with Gasteiger partial charge in [-0.3, -0.25) is 10.1 Å². The molecule has 2 nitrogen and oxygen atoms in total. The molecule has 5 aromatic rings. The van der Waals surface area contributed by atoms with Gasteiger partial charge in [-0.1, -0.05) is 96.2 Å². The van der Waals surface area contributed by atoms with Crippen LogP contribution >= 0.6 is 30.6 Å². The SMILES string of the molecule is O=C(N/C(=C/Sc1ccc(Cl)cc1)[P+](c1ccccc1)(c1ccccc1)c1ccccc1)c1ccccc1. The molecule has 0 saturated carbocycles. The van der Waals surface area contributed by atoms with E-state index in [0.29, 0.717) is 10.6 Å². The normalized spacial score (nSPS) is 11.7. The summed E-state index contributed by atoms with van der Waals surface area (Å²) < 4.78 is 0. The van der Waals surface area contributed by atoms with Crippen molar-refractivity contribution in [1.82, 2.24) is 5.32 Å². The molecule has 1 amide bonds. The van der Waals surface area contributed by atoms with Gasteiger partial charge in [-0.25, -0.2) is 0 Å². The van der Waals surface area contributed by atoms with E-state index in [2.05, 4.69) is 83.5 Å². The molecule has 0 aliphatic rings. The van der Waals surface area contributed by atoms with Crippen LogP contribution in [0.2, 0.25) is 5.02 Å². The zero-order valence-corrected chi connectivity index (χ0v) is 23.0. The summed E-state index contributed by atoms with van der Waals surface area (Å²) in [6, 6.07) is 48.6. The lowest BCUT2D eigenvalue weighted by atomic mass is 10.2. The fourth-order valence-corrected chi connectivity index (χ4v) is 9.80. The minimum atomic E-state index is -2.50. The molecular weight excluding hydrogens is 525 g/mol. The van der Waals surface area contributed by atoms with Crippen molar-refractivity contribution in [2.45, 2.75) is 4.90 Å². The first kappa shape index (κ1) is 26.0. The van der Waals surface area contributed by atoms with Gasteiger partial charge in [0, 0.05) is 20.9 Å². The molecule has 0 fully saturated rings. The highest BCUT2D eigenvalue weighted by Crippen LogP contribution is 2.62. The number of nitrogens with one attached hydrogen (secondary N) is 1. The Kier molecular flexibility index (Phi) is 8.41. The van der Waals surface area contributed by atoms with Crippen LogP contribution in [0.1, 0.15) is 10.4 Å². The summed E-state index contributed by atoms with van der Waals surface area (Å²) in [6.07, 6.45) is 0. The van der Waals surface area contributed by atoms with Gasteiger partial charge < -0.3 is 0 Å². The predicted octanol–water partition coefficient (Wildman–Crippen LogP) is 7.66. The Morgan fingerprint density at radius 2 is 1.03 bits per heavy atom. The van der Waals surface area contributed by atoms with Crippen molar-refractivity contribution in [1.29, 1.82) is 0 Å². The molecule has 5 rings (SSSR count). The summed E-state index contributed by atoms with van der Waals surface area (Å²) >= 11 is 7.73. The smallest absolute Gasteiger partial charge is 0.258 e. The highest BCUT2D eigenvalue weighted by molar-refractivity contribution is 8.04. The summed E-state index contributed by atoms with van der Waals surface area (Å²) in [5, 5.41) is 9.65. The highest BCUT2D eigenvalue weighted by Gasteiger charge is 2.50. The molecule has 0 spiro atoms. The number of hydrogen-bond acceptors (Lipinski definition) is 2. The van der Waals surface area contributed by atoms with Crippen molar-refractivity contribution in [2.75, 3.05) is 0 Å². The third-order valence-corrected chi connectivity index (χ3v) is 11.7. The Morgan fingerprint density at radius 3 is 1.47 bits per heavy atom. The van der Waals surface area contributed by atoms with Crippen LogP contribution in [0.25, 0.3) is 0 Å². The average Bonchev–Trinajstić information content (AvgIpc) is 2.99. The van der Waals surface area contributed by atoms with E-state index in [9.17, 15) is 4.79 Å². The zero-order valence-electron chi connectivity index (χ0n) is 20.6. The second kappa shape index (κ2) is 12.3. The maximum absolute atomic E-state index is 13.7. The zero-order chi connectivity index (χ0) is 26.2. The summed E-state index contributed by atoms with van der Waals surface area (Å²) in [6.45, 7) is 0. The van der Waals surface area contributed by atoms with Crippen molar-refractivity contribution in [2.24, 2.45) is 0 Å². The molecule has 5 heteroatoms. The Balaban J connectivity index is 1.76. The van der Waals surface area contributed by atoms with Crippen LogP contribution in [0.4, 0.5) is 0 Å². The van der Waals surface area contributed by atoms with E-state index >= 15 is 0 Å². The van der Waals surface area contributed by atoms with Crippen molar-refractivity contribution < 1.29 is 4.79 Å².